The van der Waals surface area contributed by atoms with Crippen LogP contribution in [0.3, 0.4) is 0 Å². The van der Waals surface area contributed by atoms with E-state index in [-0.39, 0.29) is 33.2 Å². The Bertz CT molecular complexity index is 1540. The number of ether oxygens (including phenoxy) is 1. The van der Waals surface area contributed by atoms with Crippen molar-refractivity contribution < 1.29 is 27.2 Å². The third-order valence-corrected chi connectivity index (χ3v) is 8.26. The number of rotatable bonds is 4. The van der Waals surface area contributed by atoms with Crippen molar-refractivity contribution in [1.29, 1.82) is 0 Å². The number of aryl methyl sites for hydroxylation is 1. The number of aromatic nitrogens is 1. The number of methoxy groups -OCH3 is 1. The van der Waals surface area contributed by atoms with E-state index in [1.807, 2.05) is 17.5 Å². The number of amides is 1. The molecule has 0 aliphatic carbocycles. The minimum absolute atomic E-state index is 0.0398. The van der Waals surface area contributed by atoms with Crippen LogP contribution in [0.15, 0.2) is 74.2 Å². The molecule has 0 unspecified atom stereocenters. The second-order valence-corrected chi connectivity index (χ2v) is 10.4. The number of anilines is 1. The van der Waals surface area contributed by atoms with Crippen molar-refractivity contribution in [3.05, 3.63) is 82.6 Å². The van der Waals surface area contributed by atoms with Crippen molar-refractivity contribution in [3.8, 4) is 10.8 Å². The van der Waals surface area contributed by atoms with Gasteiger partial charge in [0.2, 0.25) is 15.7 Å². The fraction of sp³-hybridized carbons (Fsp3) is 0.125. The summed E-state index contributed by atoms with van der Waals surface area (Å²) in [6.45, 7) is 1.68. The zero-order valence-corrected chi connectivity index (χ0v) is 19.8. The molecule has 0 saturated heterocycles. The van der Waals surface area contributed by atoms with Crippen molar-refractivity contribution in [2.45, 2.75) is 23.3 Å². The summed E-state index contributed by atoms with van der Waals surface area (Å²) in [4.78, 5) is 32.4. The lowest BCUT2D eigenvalue weighted by Crippen LogP contribution is -2.31. The van der Waals surface area contributed by atoms with Crippen molar-refractivity contribution in [2.75, 3.05) is 12.0 Å². The summed E-state index contributed by atoms with van der Waals surface area (Å²) < 4.78 is 37.6. The first-order valence-electron chi connectivity index (χ1n) is 10.2. The summed E-state index contributed by atoms with van der Waals surface area (Å²) in [5, 5.41) is 1.90. The second kappa shape index (κ2) is 8.23. The Kier molecular flexibility index (Phi) is 5.34. The number of thiophene rings is 1. The van der Waals surface area contributed by atoms with Gasteiger partial charge in [-0.1, -0.05) is 18.2 Å². The van der Waals surface area contributed by atoms with Gasteiger partial charge in [0, 0.05) is 0 Å². The summed E-state index contributed by atoms with van der Waals surface area (Å²) >= 11 is 1.47. The second-order valence-electron chi connectivity index (χ2n) is 7.56. The van der Waals surface area contributed by atoms with Gasteiger partial charge in [0.15, 0.2) is 0 Å². The van der Waals surface area contributed by atoms with E-state index in [1.54, 1.807) is 19.1 Å². The van der Waals surface area contributed by atoms with Gasteiger partial charge in [-0.3, -0.25) is 4.79 Å². The third kappa shape index (κ3) is 3.51. The molecule has 0 fully saturated rings. The summed E-state index contributed by atoms with van der Waals surface area (Å²) in [6, 6.07) is 13.9. The number of sulfone groups is 1. The lowest BCUT2D eigenvalue weighted by Gasteiger charge is -2.22. The normalized spacial score (nSPS) is 14.3. The van der Waals surface area contributed by atoms with Crippen LogP contribution in [0.5, 0.6) is 0 Å². The molecule has 2 aromatic heterocycles. The van der Waals surface area contributed by atoms with Crippen LogP contribution in [0, 0.1) is 6.92 Å². The number of fused-ring (bicyclic) bond motifs is 2. The summed E-state index contributed by atoms with van der Waals surface area (Å²) in [7, 11) is -2.81. The van der Waals surface area contributed by atoms with Crippen molar-refractivity contribution >= 4 is 38.7 Å². The molecule has 0 spiro atoms. The van der Waals surface area contributed by atoms with Gasteiger partial charge < -0.3 is 14.1 Å². The van der Waals surface area contributed by atoms with E-state index in [1.165, 1.54) is 53.7 Å². The monoisotopic (exact) mass is 494 g/mol. The van der Waals surface area contributed by atoms with E-state index in [2.05, 4.69) is 4.98 Å². The predicted octanol–water partition coefficient (Wildman–Crippen LogP) is 4.49. The molecule has 0 bridgehead atoms. The van der Waals surface area contributed by atoms with Gasteiger partial charge in [-0.2, -0.15) is 0 Å². The predicted molar refractivity (Wildman–Crippen MR) is 125 cm³/mol. The lowest BCUT2D eigenvalue weighted by atomic mass is 10.1. The molecule has 0 radical (unpaired) electrons. The van der Waals surface area contributed by atoms with Gasteiger partial charge in [0.1, 0.15) is 11.5 Å². The third-order valence-electron chi connectivity index (χ3n) is 5.54. The molecule has 5 rings (SSSR count). The smallest absolute Gasteiger partial charge is 0.337 e. The van der Waals surface area contributed by atoms with E-state index >= 15 is 0 Å². The molecule has 1 aliphatic rings. The maximum absolute atomic E-state index is 13.7. The Morgan fingerprint density at radius 2 is 1.91 bits per heavy atom. The number of carbonyl (C=O) groups excluding carboxylic acids is 2. The van der Waals surface area contributed by atoms with Gasteiger partial charge >= 0.3 is 5.97 Å². The quantitative estimate of drug-likeness (QED) is 0.385. The number of esters is 1. The van der Waals surface area contributed by atoms with Gasteiger partial charge in [0.25, 0.3) is 5.91 Å². The fourth-order valence-electron chi connectivity index (χ4n) is 3.84. The largest absolute Gasteiger partial charge is 0.465 e. The molecule has 172 valence electrons. The molecule has 1 amide bonds. The molecule has 1 aliphatic heterocycles. The highest BCUT2D eigenvalue weighted by molar-refractivity contribution is 7.91. The van der Waals surface area contributed by atoms with Crippen molar-refractivity contribution in [1.82, 2.24) is 4.98 Å². The number of benzene rings is 2. The Morgan fingerprint density at radius 1 is 1.12 bits per heavy atom. The molecule has 2 aromatic carbocycles. The van der Waals surface area contributed by atoms with Gasteiger partial charge in [-0.25, -0.2) is 18.2 Å². The van der Waals surface area contributed by atoms with E-state index in [0.29, 0.717) is 17.3 Å². The Hall–Kier alpha value is -3.76. The average Bonchev–Trinajstić information content (AvgIpc) is 3.49. The first kappa shape index (κ1) is 22.1. The number of hydrogen-bond acceptors (Lipinski definition) is 8. The maximum Gasteiger partial charge on any atom is 0.337 e. The number of carbonyl (C=O) groups is 2. The average molecular weight is 495 g/mol. The molecule has 4 aromatic rings. The highest BCUT2D eigenvalue weighted by atomic mass is 32.2. The minimum Gasteiger partial charge on any atom is -0.465 e. The summed E-state index contributed by atoms with van der Waals surface area (Å²) in [6.07, 6.45) is 0. The van der Waals surface area contributed by atoms with Crippen molar-refractivity contribution in [2.24, 2.45) is 0 Å². The Labute approximate surface area is 199 Å². The maximum atomic E-state index is 13.7. The number of nitrogens with zero attached hydrogens (tertiary/aromatic N) is 2. The van der Waals surface area contributed by atoms with E-state index < -0.39 is 21.7 Å². The van der Waals surface area contributed by atoms with Crippen LogP contribution in [-0.4, -0.2) is 32.4 Å². The molecule has 0 saturated carbocycles. The fourth-order valence-corrected chi connectivity index (χ4v) is 6.12. The van der Waals surface area contributed by atoms with Gasteiger partial charge in [-0.15, -0.1) is 11.3 Å². The van der Waals surface area contributed by atoms with E-state index in [9.17, 15) is 18.0 Å². The van der Waals surface area contributed by atoms with E-state index in [0.717, 1.165) is 4.88 Å². The SMILES string of the molecule is COC(=O)c1ccc2c(c1)N(Cc1nc(-c3cccs3)oc1C)C(=O)c1ccccc1S2(=O)=O. The number of hydrogen-bond donors (Lipinski definition) is 0. The highest BCUT2D eigenvalue weighted by Gasteiger charge is 2.36. The zero-order chi connectivity index (χ0) is 24.0. The molecule has 3 heterocycles. The first-order chi connectivity index (χ1) is 16.3. The zero-order valence-electron chi connectivity index (χ0n) is 18.1. The Morgan fingerprint density at radius 3 is 2.65 bits per heavy atom. The van der Waals surface area contributed by atoms with Crippen molar-refractivity contribution in [3.63, 3.8) is 0 Å². The summed E-state index contributed by atoms with van der Waals surface area (Å²) in [5.74, 6) is -0.254. The van der Waals surface area contributed by atoms with Crippen LogP contribution in [0.4, 0.5) is 5.69 Å². The van der Waals surface area contributed by atoms with Crippen LogP contribution in [0.1, 0.15) is 32.2 Å². The number of oxazole rings is 1. The highest BCUT2D eigenvalue weighted by Crippen LogP contribution is 2.38. The summed E-state index contributed by atoms with van der Waals surface area (Å²) in [5.41, 5.74) is 0.710. The van der Waals surface area contributed by atoms with Gasteiger partial charge in [-0.05, 0) is 48.7 Å². The lowest BCUT2D eigenvalue weighted by molar-refractivity contribution is 0.0600. The van der Waals surface area contributed by atoms with Gasteiger partial charge in [0.05, 0.1) is 45.1 Å². The molecule has 34 heavy (non-hydrogen) atoms. The van der Waals surface area contributed by atoms with Crippen LogP contribution >= 0.6 is 11.3 Å². The van der Waals surface area contributed by atoms with Crippen LogP contribution < -0.4 is 4.90 Å². The molecule has 0 N–H and O–H groups in total. The molecular formula is C24H18N2O6S2. The standard InChI is InChI=1S/C24H18N2O6S2/c1-14-17(25-22(32-14)19-7-5-11-33-19)13-26-18-12-15(24(28)31-2)9-10-21(18)34(29,30)20-8-4-3-6-16(20)23(26)27/h3-12H,13H2,1-2H3. The van der Waals surface area contributed by atoms with Crippen LogP contribution in [0.25, 0.3) is 10.8 Å². The Balaban J connectivity index is 1.70. The van der Waals surface area contributed by atoms with E-state index in [4.69, 9.17) is 9.15 Å². The first-order valence-corrected chi connectivity index (χ1v) is 12.6. The minimum atomic E-state index is -4.04. The molecule has 0 atom stereocenters. The molecular weight excluding hydrogens is 476 g/mol. The molecule has 8 nitrogen and oxygen atoms in total. The molecule has 10 heteroatoms. The van der Waals surface area contributed by atoms with Crippen LogP contribution in [-0.2, 0) is 21.1 Å². The van der Waals surface area contributed by atoms with Crippen LogP contribution in [0.2, 0.25) is 0 Å². The topological polar surface area (TPSA) is 107 Å².